The van der Waals surface area contributed by atoms with Crippen molar-refractivity contribution in [3.63, 3.8) is 0 Å². The number of carboxylic acids is 1. The van der Waals surface area contributed by atoms with Crippen molar-refractivity contribution in [1.29, 1.82) is 0 Å². The zero-order valence-corrected chi connectivity index (χ0v) is 13.2. The molecule has 0 aromatic carbocycles. The minimum atomic E-state index is -0.847. The van der Waals surface area contributed by atoms with Gasteiger partial charge in [0.25, 0.3) is 5.91 Å². The number of rotatable bonds is 4. The maximum Gasteiger partial charge on any atom is 0.308 e. The van der Waals surface area contributed by atoms with Crippen LogP contribution in [0.4, 0.5) is 0 Å². The average Bonchev–Trinajstić information content (AvgIpc) is 2.85. The molecule has 0 radical (unpaired) electrons. The Morgan fingerprint density at radius 1 is 1.29 bits per heavy atom. The second kappa shape index (κ2) is 6.43. The van der Waals surface area contributed by atoms with Gasteiger partial charge in [0.05, 0.1) is 17.2 Å². The van der Waals surface area contributed by atoms with Crippen LogP contribution in [0.2, 0.25) is 0 Å². The molecule has 1 aliphatic rings. The summed E-state index contributed by atoms with van der Waals surface area (Å²) in [4.78, 5) is 32.2. The Morgan fingerprint density at radius 2 is 2.00 bits per heavy atom. The topological polar surface area (TPSA) is 92.2 Å². The van der Waals surface area contributed by atoms with Crippen LogP contribution in [-0.2, 0) is 4.79 Å². The van der Waals surface area contributed by atoms with Crippen LogP contribution in [0.25, 0.3) is 0 Å². The van der Waals surface area contributed by atoms with Gasteiger partial charge in [-0.05, 0) is 32.9 Å². The van der Waals surface area contributed by atoms with Gasteiger partial charge in [0.1, 0.15) is 10.9 Å². The van der Waals surface area contributed by atoms with E-state index >= 15 is 0 Å². The lowest BCUT2D eigenvalue weighted by Crippen LogP contribution is -2.40. The molecule has 2 atom stereocenters. The molecule has 1 saturated carbocycles. The molecule has 1 heterocycles. The number of carbonyl (C=O) groups excluding carboxylic acids is 1. The molecule has 21 heavy (non-hydrogen) atoms. The molecule has 2 rings (SSSR count). The first-order chi connectivity index (χ1) is 9.93. The SMILES string of the molecule is CSc1nc(C)nc(C)c1C(=O)NC1CCCC1C(=O)O. The molecule has 0 bridgehead atoms. The maximum absolute atomic E-state index is 12.5. The summed E-state index contributed by atoms with van der Waals surface area (Å²) in [6.45, 7) is 3.55. The lowest BCUT2D eigenvalue weighted by molar-refractivity contribution is -0.142. The van der Waals surface area contributed by atoms with Gasteiger partial charge >= 0.3 is 5.97 Å². The van der Waals surface area contributed by atoms with Crippen molar-refractivity contribution in [2.45, 2.75) is 44.2 Å². The largest absolute Gasteiger partial charge is 0.481 e. The van der Waals surface area contributed by atoms with Crippen molar-refractivity contribution in [3.8, 4) is 0 Å². The first kappa shape index (κ1) is 15.8. The predicted octanol–water partition coefficient (Wildman–Crippen LogP) is 1.80. The molecule has 1 aromatic heterocycles. The summed E-state index contributed by atoms with van der Waals surface area (Å²) >= 11 is 1.39. The molecule has 0 aliphatic heterocycles. The number of amides is 1. The Bertz CT molecular complexity index is 577. The Hall–Kier alpha value is -1.63. The minimum Gasteiger partial charge on any atom is -0.481 e. The number of nitrogens with zero attached hydrogens (tertiary/aromatic N) is 2. The molecule has 1 amide bonds. The molecule has 0 saturated heterocycles. The van der Waals surface area contributed by atoms with Crippen LogP contribution in [0.5, 0.6) is 0 Å². The Balaban J connectivity index is 2.23. The second-order valence-corrected chi connectivity index (χ2v) is 5.99. The smallest absolute Gasteiger partial charge is 0.308 e. The summed E-state index contributed by atoms with van der Waals surface area (Å²) in [5.74, 6) is -1.01. The van der Waals surface area contributed by atoms with E-state index in [1.54, 1.807) is 13.8 Å². The first-order valence-corrected chi connectivity index (χ1v) is 8.09. The fourth-order valence-corrected chi connectivity index (χ4v) is 3.43. The Kier molecular flexibility index (Phi) is 4.82. The van der Waals surface area contributed by atoms with E-state index in [0.29, 0.717) is 34.9 Å². The summed E-state index contributed by atoms with van der Waals surface area (Å²) < 4.78 is 0. The number of hydrogen-bond donors (Lipinski definition) is 2. The third-order valence-corrected chi connectivity index (χ3v) is 4.42. The summed E-state index contributed by atoms with van der Waals surface area (Å²) in [6.07, 6.45) is 3.98. The standard InChI is InChI=1S/C14H19N3O3S/c1-7-11(13(21-3)16-8(2)15-7)12(18)17-10-6-4-5-9(10)14(19)20/h9-10H,4-6H2,1-3H3,(H,17,18)(H,19,20). The highest BCUT2D eigenvalue weighted by Crippen LogP contribution is 2.27. The van der Waals surface area contributed by atoms with Crippen molar-refractivity contribution >= 4 is 23.6 Å². The Morgan fingerprint density at radius 3 is 2.62 bits per heavy atom. The highest BCUT2D eigenvalue weighted by atomic mass is 32.2. The molecule has 1 aromatic rings. The van der Waals surface area contributed by atoms with E-state index in [0.717, 1.165) is 6.42 Å². The van der Waals surface area contributed by atoms with Gasteiger partial charge in [-0.25, -0.2) is 9.97 Å². The lowest BCUT2D eigenvalue weighted by atomic mass is 10.0. The van der Waals surface area contributed by atoms with E-state index in [1.807, 2.05) is 6.26 Å². The van der Waals surface area contributed by atoms with Gasteiger partial charge in [-0.15, -0.1) is 11.8 Å². The molecular formula is C14H19N3O3S. The van der Waals surface area contributed by atoms with Crippen LogP contribution in [0.3, 0.4) is 0 Å². The average molecular weight is 309 g/mol. The second-order valence-electron chi connectivity index (χ2n) is 5.20. The monoisotopic (exact) mass is 309 g/mol. The van der Waals surface area contributed by atoms with Crippen molar-refractivity contribution in [1.82, 2.24) is 15.3 Å². The molecule has 114 valence electrons. The third kappa shape index (κ3) is 3.34. The van der Waals surface area contributed by atoms with Crippen LogP contribution in [-0.4, -0.2) is 39.2 Å². The van der Waals surface area contributed by atoms with Gasteiger partial charge in [-0.1, -0.05) is 6.42 Å². The van der Waals surface area contributed by atoms with Crippen LogP contribution in [0.1, 0.15) is 41.1 Å². The van der Waals surface area contributed by atoms with Crippen molar-refractivity contribution in [2.24, 2.45) is 5.92 Å². The van der Waals surface area contributed by atoms with E-state index in [4.69, 9.17) is 0 Å². The summed E-state index contributed by atoms with van der Waals surface area (Å²) in [6, 6.07) is -0.314. The number of aromatic nitrogens is 2. The highest BCUT2D eigenvalue weighted by molar-refractivity contribution is 7.98. The molecule has 6 nitrogen and oxygen atoms in total. The van der Waals surface area contributed by atoms with E-state index in [-0.39, 0.29) is 11.9 Å². The van der Waals surface area contributed by atoms with Crippen LogP contribution < -0.4 is 5.32 Å². The van der Waals surface area contributed by atoms with Gasteiger partial charge in [0, 0.05) is 6.04 Å². The summed E-state index contributed by atoms with van der Waals surface area (Å²) in [7, 11) is 0. The van der Waals surface area contributed by atoms with Crippen LogP contribution >= 0.6 is 11.8 Å². The van der Waals surface area contributed by atoms with Crippen LogP contribution in [0, 0.1) is 19.8 Å². The van der Waals surface area contributed by atoms with E-state index in [9.17, 15) is 14.7 Å². The minimum absolute atomic E-state index is 0.282. The number of carboxylic acid groups (broad SMARTS) is 1. The van der Waals surface area contributed by atoms with Crippen molar-refractivity contribution < 1.29 is 14.7 Å². The number of hydrogen-bond acceptors (Lipinski definition) is 5. The quantitative estimate of drug-likeness (QED) is 0.651. The van der Waals surface area contributed by atoms with E-state index in [1.165, 1.54) is 11.8 Å². The molecular weight excluding hydrogens is 290 g/mol. The number of nitrogens with one attached hydrogen (secondary N) is 1. The molecule has 2 N–H and O–H groups in total. The zero-order valence-electron chi connectivity index (χ0n) is 12.3. The summed E-state index contributed by atoms with van der Waals surface area (Å²) in [5.41, 5.74) is 1.07. The van der Waals surface area contributed by atoms with Gasteiger partial charge in [0.15, 0.2) is 0 Å². The summed E-state index contributed by atoms with van der Waals surface area (Å²) in [5, 5.41) is 12.7. The molecule has 7 heteroatoms. The number of carbonyl (C=O) groups is 2. The van der Waals surface area contributed by atoms with Gasteiger partial charge in [-0.3, -0.25) is 9.59 Å². The van der Waals surface area contributed by atoms with Crippen LogP contribution in [0.15, 0.2) is 5.03 Å². The Labute approximate surface area is 127 Å². The molecule has 1 aliphatic carbocycles. The zero-order chi connectivity index (χ0) is 15.6. The predicted molar refractivity (Wildman–Crippen MR) is 79.5 cm³/mol. The number of aryl methyl sites for hydroxylation is 2. The third-order valence-electron chi connectivity index (χ3n) is 3.74. The fourth-order valence-electron chi connectivity index (χ4n) is 2.76. The molecule has 1 fully saturated rings. The maximum atomic E-state index is 12.5. The van der Waals surface area contributed by atoms with Gasteiger partial charge in [-0.2, -0.15) is 0 Å². The number of thioether (sulfide) groups is 1. The lowest BCUT2D eigenvalue weighted by Gasteiger charge is -2.19. The first-order valence-electron chi connectivity index (χ1n) is 6.87. The van der Waals surface area contributed by atoms with Gasteiger partial charge < -0.3 is 10.4 Å². The number of aliphatic carboxylic acids is 1. The van der Waals surface area contributed by atoms with E-state index < -0.39 is 11.9 Å². The van der Waals surface area contributed by atoms with Crippen molar-refractivity contribution in [2.75, 3.05) is 6.26 Å². The van der Waals surface area contributed by atoms with Gasteiger partial charge in [0.2, 0.25) is 0 Å². The van der Waals surface area contributed by atoms with Crippen molar-refractivity contribution in [3.05, 3.63) is 17.1 Å². The highest BCUT2D eigenvalue weighted by Gasteiger charge is 2.34. The molecule has 2 unspecified atom stereocenters. The molecule has 0 spiro atoms. The van der Waals surface area contributed by atoms with E-state index in [2.05, 4.69) is 15.3 Å². The normalized spacial score (nSPS) is 21.3. The fraction of sp³-hybridized carbons (Fsp3) is 0.571.